The van der Waals surface area contributed by atoms with Crippen molar-refractivity contribution < 1.29 is 24.2 Å². The monoisotopic (exact) mass is 505 g/mol. The van der Waals surface area contributed by atoms with E-state index < -0.39 is 29.1 Å². The number of nitrogens with one attached hydrogen (secondary N) is 2. The predicted octanol–water partition coefficient (Wildman–Crippen LogP) is 2.87. The van der Waals surface area contributed by atoms with Crippen LogP contribution in [0.25, 0.3) is 0 Å². The standard InChI is InChI=1S/C29H35N3O5/c1-2-28-15-16-29(37-28)23(22(28)25(34)31-21-13-7-4-8-14-21)27(36)32(17-9-10-18-33)24(29)26(35)30-19-20-11-5-3-6-12-20/h3-8,11-14,22-24,33H,2,9-10,15-19H2,1H3,(H,30,35)(H,31,34)/t22-,23+,24?,28+,29?/m1/s1. The first-order valence-electron chi connectivity index (χ1n) is 13.2. The average molecular weight is 506 g/mol. The maximum Gasteiger partial charge on any atom is 0.246 e. The number of amides is 3. The van der Waals surface area contributed by atoms with Gasteiger partial charge in [-0.3, -0.25) is 14.4 Å². The minimum Gasteiger partial charge on any atom is -0.396 e. The summed E-state index contributed by atoms with van der Waals surface area (Å²) in [6.07, 6.45) is 2.83. The molecule has 3 amide bonds. The Balaban J connectivity index is 1.46. The molecule has 2 aromatic rings. The van der Waals surface area contributed by atoms with E-state index in [0.29, 0.717) is 50.9 Å². The summed E-state index contributed by atoms with van der Waals surface area (Å²) < 4.78 is 6.75. The van der Waals surface area contributed by atoms with Gasteiger partial charge >= 0.3 is 0 Å². The van der Waals surface area contributed by atoms with E-state index in [1.165, 1.54) is 0 Å². The Labute approximate surface area is 217 Å². The zero-order valence-corrected chi connectivity index (χ0v) is 21.2. The van der Waals surface area contributed by atoms with Crippen molar-refractivity contribution in [1.29, 1.82) is 0 Å². The number of anilines is 1. The van der Waals surface area contributed by atoms with E-state index in [1.54, 1.807) is 4.90 Å². The molecule has 3 aliphatic rings. The third-order valence-electron chi connectivity index (χ3n) is 8.37. The topological polar surface area (TPSA) is 108 Å². The lowest BCUT2D eigenvalue weighted by Crippen LogP contribution is -2.55. The van der Waals surface area contributed by atoms with Crippen molar-refractivity contribution in [2.45, 2.75) is 62.8 Å². The Hall–Kier alpha value is -3.23. The molecule has 0 aromatic heterocycles. The molecular weight excluding hydrogens is 470 g/mol. The lowest BCUT2D eigenvalue weighted by atomic mass is 9.65. The van der Waals surface area contributed by atoms with Crippen LogP contribution in [-0.2, 0) is 25.7 Å². The van der Waals surface area contributed by atoms with Gasteiger partial charge in [0.2, 0.25) is 17.7 Å². The first-order valence-corrected chi connectivity index (χ1v) is 13.2. The molecule has 37 heavy (non-hydrogen) atoms. The first kappa shape index (κ1) is 25.4. The highest BCUT2D eigenvalue weighted by atomic mass is 16.5. The summed E-state index contributed by atoms with van der Waals surface area (Å²) in [6.45, 7) is 2.67. The molecule has 3 N–H and O–H groups in total. The van der Waals surface area contributed by atoms with Gasteiger partial charge in [-0.25, -0.2) is 0 Å². The fourth-order valence-corrected chi connectivity index (χ4v) is 6.67. The maximum absolute atomic E-state index is 14.0. The van der Waals surface area contributed by atoms with Crippen LogP contribution in [0, 0.1) is 11.8 Å². The molecule has 3 fully saturated rings. The number of carbonyl (C=O) groups is 3. The number of benzene rings is 2. The predicted molar refractivity (Wildman–Crippen MR) is 138 cm³/mol. The van der Waals surface area contributed by atoms with E-state index in [0.717, 1.165) is 5.56 Å². The van der Waals surface area contributed by atoms with Crippen LogP contribution < -0.4 is 10.6 Å². The molecular formula is C29H35N3O5. The van der Waals surface area contributed by atoms with Crippen LogP contribution in [0.5, 0.6) is 0 Å². The number of likely N-dealkylation sites (tertiary alicyclic amines) is 1. The number of carbonyl (C=O) groups excluding carboxylic acids is 3. The number of nitrogens with zero attached hydrogens (tertiary/aromatic N) is 1. The highest BCUT2D eigenvalue weighted by Crippen LogP contribution is 2.64. The van der Waals surface area contributed by atoms with Crippen LogP contribution in [0.15, 0.2) is 60.7 Å². The van der Waals surface area contributed by atoms with Crippen molar-refractivity contribution in [3.63, 3.8) is 0 Å². The molecule has 5 atom stereocenters. The number of aliphatic hydroxyl groups excluding tert-OH is 1. The summed E-state index contributed by atoms with van der Waals surface area (Å²) in [6, 6.07) is 18.0. The van der Waals surface area contributed by atoms with Crippen molar-refractivity contribution in [3.8, 4) is 0 Å². The summed E-state index contributed by atoms with van der Waals surface area (Å²) in [5, 5.41) is 15.3. The van der Waals surface area contributed by atoms with Crippen LogP contribution in [0.1, 0.15) is 44.6 Å². The van der Waals surface area contributed by atoms with Crippen LogP contribution in [-0.4, -0.2) is 58.1 Å². The number of ether oxygens (including phenoxy) is 1. The molecule has 8 nitrogen and oxygen atoms in total. The van der Waals surface area contributed by atoms with Gasteiger partial charge in [-0.05, 0) is 49.8 Å². The summed E-state index contributed by atoms with van der Waals surface area (Å²) in [5.41, 5.74) is -0.207. The Kier molecular flexibility index (Phi) is 7.05. The maximum atomic E-state index is 14.0. The van der Waals surface area contributed by atoms with Gasteiger partial charge in [0.25, 0.3) is 0 Å². The van der Waals surface area contributed by atoms with Gasteiger partial charge in [0, 0.05) is 25.4 Å². The molecule has 5 rings (SSSR count). The fraction of sp³-hybridized carbons (Fsp3) is 0.483. The Morgan fingerprint density at radius 1 is 1.03 bits per heavy atom. The summed E-state index contributed by atoms with van der Waals surface area (Å²) in [4.78, 5) is 43.1. The van der Waals surface area contributed by atoms with E-state index in [-0.39, 0.29) is 24.3 Å². The zero-order chi connectivity index (χ0) is 26.0. The number of para-hydroxylation sites is 1. The quantitative estimate of drug-likeness (QED) is 0.431. The second-order valence-electron chi connectivity index (χ2n) is 10.4. The molecule has 3 aliphatic heterocycles. The van der Waals surface area contributed by atoms with Crippen molar-refractivity contribution in [1.82, 2.24) is 10.2 Å². The second-order valence-corrected chi connectivity index (χ2v) is 10.4. The van der Waals surface area contributed by atoms with Gasteiger partial charge in [0.15, 0.2) is 0 Å². The molecule has 0 saturated carbocycles. The van der Waals surface area contributed by atoms with Crippen LogP contribution in [0.4, 0.5) is 5.69 Å². The van der Waals surface area contributed by atoms with E-state index in [4.69, 9.17) is 4.74 Å². The molecule has 2 aromatic carbocycles. The van der Waals surface area contributed by atoms with Gasteiger partial charge < -0.3 is 25.4 Å². The van der Waals surface area contributed by atoms with Crippen molar-refractivity contribution >= 4 is 23.4 Å². The Morgan fingerprint density at radius 2 is 1.73 bits per heavy atom. The molecule has 0 aliphatic carbocycles. The third kappa shape index (κ3) is 4.32. The number of unbranched alkanes of at least 4 members (excludes halogenated alkanes) is 1. The van der Waals surface area contributed by atoms with Crippen molar-refractivity contribution in [2.75, 3.05) is 18.5 Å². The average Bonchev–Trinajstić information content (AvgIpc) is 3.52. The van der Waals surface area contributed by atoms with E-state index in [9.17, 15) is 19.5 Å². The van der Waals surface area contributed by atoms with E-state index in [1.807, 2.05) is 67.6 Å². The second kappa shape index (κ2) is 10.3. The van der Waals surface area contributed by atoms with Gasteiger partial charge in [-0.2, -0.15) is 0 Å². The zero-order valence-electron chi connectivity index (χ0n) is 21.2. The van der Waals surface area contributed by atoms with E-state index in [2.05, 4.69) is 10.6 Å². The van der Waals surface area contributed by atoms with Gasteiger partial charge in [-0.15, -0.1) is 0 Å². The summed E-state index contributed by atoms with van der Waals surface area (Å²) in [7, 11) is 0. The van der Waals surface area contributed by atoms with Crippen molar-refractivity contribution in [3.05, 3.63) is 66.2 Å². The number of rotatable bonds is 10. The van der Waals surface area contributed by atoms with Gasteiger partial charge in [0.1, 0.15) is 11.6 Å². The lowest BCUT2D eigenvalue weighted by molar-refractivity contribution is -0.146. The number of hydrogen-bond acceptors (Lipinski definition) is 5. The molecule has 3 saturated heterocycles. The van der Waals surface area contributed by atoms with Gasteiger partial charge in [-0.1, -0.05) is 55.5 Å². The molecule has 2 bridgehead atoms. The lowest BCUT2D eigenvalue weighted by Gasteiger charge is -2.34. The van der Waals surface area contributed by atoms with Crippen LogP contribution in [0.3, 0.4) is 0 Å². The SMILES string of the molecule is CC[C@@]12CCC3(O1)C(C(=O)NCc1ccccc1)N(CCCCO)C(=O)[C@@H]3[C@@H]2C(=O)Nc1ccccc1. The molecule has 0 radical (unpaired) electrons. The van der Waals surface area contributed by atoms with Crippen molar-refractivity contribution in [2.24, 2.45) is 11.8 Å². The summed E-state index contributed by atoms with van der Waals surface area (Å²) >= 11 is 0. The molecule has 2 unspecified atom stereocenters. The minimum atomic E-state index is -1.05. The third-order valence-corrected chi connectivity index (χ3v) is 8.37. The van der Waals surface area contributed by atoms with E-state index >= 15 is 0 Å². The highest BCUT2D eigenvalue weighted by Gasteiger charge is 2.78. The fourth-order valence-electron chi connectivity index (χ4n) is 6.67. The molecule has 1 spiro atoms. The Morgan fingerprint density at radius 3 is 2.41 bits per heavy atom. The normalized spacial score (nSPS) is 29.8. The van der Waals surface area contributed by atoms with Crippen LogP contribution in [0.2, 0.25) is 0 Å². The largest absolute Gasteiger partial charge is 0.396 e. The minimum absolute atomic E-state index is 0.0129. The Bertz CT molecular complexity index is 1140. The molecule has 196 valence electrons. The molecule has 3 heterocycles. The number of aliphatic hydroxyl groups is 1. The van der Waals surface area contributed by atoms with Gasteiger partial charge in [0.05, 0.1) is 17.4 Å². The highest BCUT2D eigenvalue weighted by molar-refractivity contribution is 6.02. The smallest absolute Gasteiger partial charge is 0.246 e. The molecule has 8 heteroatoms. The number of fused-ring (bicyclic) bond motifs is 1. The first-order chi connectivity index (χ1) is 18.0. The summed E-state index contributed by atoms with van der Waals surface area (Å²) in [5.74, 6) is -2.13. The number of hydrogen-bond donors (Lipinski definition) is 3. The van der Waals surface area contributed by atoms with Crippen LogP contribution >= 0.6 is 0 Å².